The van der Waals surface area contributed by atoms with Gasteiger partial charge in [0.15, 0.2) is 0 Å². The molecule has 0 radical (unpaired) electrons. The van der Waals surface area contributed by atoms with Gasteiger partial charge in [-0.3, -0.25) is 9.59 Å². The van der Waals surface area contributed by atoms with E-state index in [2.05, 4.69) is 0 Å². The van der Waals surface area contributed by atoms with E-state index in [1.54, 1.807) is 13.0 Å². The molecule has 1 fully saturated rings. The molecule has 34 heavy (non-hydrogen) atoms. The number of ether oxygens (including phenoxy) is 1. The molecule has 3 aromatic rings. The number of amides is 1. The van der Waals surface area contributed by atoms with Crippen LogP contribution >= 0.6 is 11.6 Å². The van der Waals surface area contributed by atoms with Crippen LogP contribution in [0.2, 0.25) is 5.02 Å². The number of carbonyl (C=O) groups is 2. The second kappa shape index (κ2) is 9.65. The molecule has 4 rings (SSSR count). The van der Waals surface area contributed by atoms with Crippen molar-refractivity contribution in [3.8, 4) is 5.75 Å². The highest BCUT2D eigenvalue weighted by Crippen LogP contribution is 2.41. The summed E-state index contributed by atoms with van der Waals surface area (Å²) in [5, 5.41) is 11.4. The lowest BCUT2D eigenvalue weighted by Crippen LogP contribution is -2.29. The van der Waals surface area contributed by atoms with Crippen molar-refractivity contribution in [3.63, 3.8) is 0 Å². The molecule has 5 nitrogen and oxygen atoms in total. The molecule has 1 unspecified atom stereocenters. The summed E-state index contributed by atoms with van der Waals surface area (Å²) in [5.41, 5.74) is 0.932. The van der Waals surface area contributed by atoms with E-state index in [4.69, 9.17) is 16.3 Å². The van der Waals surface area contributed by atoms with E-state index in [1.165, 1.54) is 65.6 Å². The molecular formula is C26H20ClF2NO4. The first kappa shape index (κ1) is 23.4. The number of aliphatic hydroxyl groups excluding tert-OH is 1. The fraction of sp³-hybridized carbons (Fsp3) is 0.154. The molecular weight excluding hydrogens is 464 g/mol. The van der Waals surface area contributed by atoms with Gasteiger partial charge < -0.3 is 14.7 Å². The van der Waals surface area contributed by atoms with Crippen molar-refractivity contribution in [3.05, 3.63) is 106 Å². The van der Waals surface area contributed by atoms with Crippen molar-refractivity contribution in [1.82, 2.24) is 4.90 Å². The normalized spacial score (nSPS) is 17.3. The number of aliphatic hydroxyl groups is 1. The Kier molecular flexibility index (Phi) is 6.65. The Bertz CT molecular complexity index is 1270. The molecule has 0 aromatic heterocycles. The summed E-state index contributed by atoms with van der Waals surface area (Å²) in [5.74, 6) is -2.74. The molecule has 3 aromatic carbocycles. The summed E-state index contributed by atoms with van der Waals surface area (Å²) >= 11 is 6.30. The Morgan fingerprint density at radius 2 is 1.62 bits per heavy atom. The molecule has 0 aliphatic carbocycles. The molecule has 0 spiro atoms. The zero-order valence-corrected chi connectivity index (χ0v) is 18.9. The maximum absolute atomic E-state index is 13.6. The quantitative estimate of drug-likeness (QED) is 0.280. The number of benzene rings is 3. The van der Waals surface area contributed by atoms with E-state index in [-0.39, 0.29) is 22.7 Å². The highest BCUT2D eigenvalue weighted by Gasteiger charge is 2.46. The van der Waals surface area contributed by atoms with Gasteiger partial charge in [-0.15, -0.1) is 0 Å². The fourth-order valence-electron chi connectivity index (χ4n) is 3.91. The topological polar surface area (TPSA) is 66.8 Å². The average Bonchev–Trinajstić information content (AvgIpc) is 3.07. The van der Waals surface area contributed by atoms with E-state index < -0.39 is 35.1 Å². The third-order valence-corrected chi connectivity index (χ3v) is 5.83. The second-order valence-electron chi connectivity index (χ2n) is 7.68. The molecule has 1 N–H and O–H groups in total. The number of carbonyl (C=O) groups excluding carboxylic acids is 2. The van der Waals surface area contributed by atoms with Crippen LogP contribution in [0.4, 0.5) is 8.78 Å². The number of ketones is 1. The van der Waals surface area contributed by atoms with Crippen molar-refractivity contribution in [2.24, 2.45) is 0 Å². The number of hydrogen-bond acceptors (Lipinski definition) is 4. The molecule has 1 aliphatic heterocycles. The summed E-state index contributed by atoms with van der Waals surface area (Å²) in [7, 11) is 0. The minimum atomic E-state index is -1.02. The Labute approximate surface area is 199 Å². The van der Waals surface area contributed by atoms with Crippen molar-refractivity contribution < 1.29 is 28.2 Å². The first-order valence-corrected chi connectivity index (χ1v) is 10.9. The van der Waals surface area contributed by atoms with Crippen LogP contribution in [-0.2, 0) is 16.1 Å². The van der Waals surface area contributed by atoms with Crippen LogP contribution in [0.15, 0.2) is 72.3 Å². The van der Waals surface area contributed by atoms with Crippen LogP contribution in [0.3, 0.4) is 0 Å². The lowest BCUT2D eigenvalue weighted by atomic mass is 9.95. The predicted octanol–water partition coefficient (Wildman–Crippen LogP) is 5.64. The number of Topliss-reactive ketones (excluding diaryl/α,β-unsaturated/α-hetero) is 1. The molecule has 0 bridgehead atoms. The Morgan fingerprint density at radius 1 is 1.00 bits per heavy atom. The fourth-order valence-corrected chi connectivity index (χ4v) is 4.12. The average molecular weight is 484 g/mol. The lowest BCUT2D eigenvalue weighted by molar-refractivity contribution is -0.140. The van der Waals surface area contributed by atoms with Crippen molar-refractivity contribution in [2.75, 3.05) is 6.61 Å². The van der Waals surface area contributed by atoms with Crippen molar-refractivity contribution >= 4 is 29.1 Å². The van der Waals surface area contributed by atoms with Gasteiger partial charge >= 0.3 is 0 Å². The van der Waals surface area contributed by atoms with Gasteiger partial charge in [0.1, 0.15) is 23.1 Å². The van der Waals surface area contributed by atoms with Gasteiger partial charge in [-0.2, -0.15) is 0 Å². The Morgan fingerprint density at radius 3 is 2.24 bits per heavy atom. The first-order valence-electron chi connectivity index (χ1n) is 10.5. The minimum absolute atomic E-state index is 0.0314. The monoisotopic (exact) mass is 483 g/mol. The van der Waals surface area contributed by atoms with Gasteiger partial charge in [0, 0.05) is 12.1 Å². The SMILES string of the molecule is CCOc1ccc(Cl)c(/C(O)=C2\C(=O)C(=O)N(Cc3ccc(F)cc3)C2c2ccc(F)cc2)c1. The van der Waals surface area contributed by atoms with Crippen LogP contribution in [0, 0.1) is 11.6 Å². The van der Waals surface area contributed by atoms with E-state index in [0.717, 1.165) is 0 Å². The third-order valence-electron chi connectivity index (χ3n) is 5.50. The van der Waals surface area contributed by atoms with Gasteiger partial charge in [-0.1, -0.05) is 35.9 Å². The molecule has 1 saturated heterocycles. The lowest BCUT2D eigenvalue weighted by Gasteiger charge is -2.25. The zero-order valence-electron chi connectivity index (χ0n) is 18.1. The van der Waals surface area contributed by atoms with E-state index in [0.29, 0.717) is 23.5 Å². The summed E-state index contributed by atoms with van der Waals surface area (Å²) in [6, 6.07) is 14.4. The van der Waals surface area contributed by atoms with Crippen molar-refractivity contribution in [1.29, 1.82) is 0 Å². The van der Waals surface area contributed by atoms with Gasteiger partial charge in [-0.05, 0) is 60.5 Å². The number of halogens is 3. The molecule has 1 aliphatic rings. The largest absolute Gasteiger partial charge is 0.507 e. The van der Waals surface area contributed by atoms with Gasteiger partial charge in [0.05, 0.1) is 23.2 Å². The third kappa shape index (κ3) is 4.52. The molecule has 8 heteroatoms. The van der Waals surface area contributed by atoms with Gasteiger partial charge in [0.25, 0.3) is 11.7 Å². The number of hydrogen-bond donors (Lipinski definition) is 1. The summed E-state index contributed by atoms with van der Waals surface area (Å²) in [4.78, 5) is 27.4. The minimum Gasteiger partial charge on any atom is -0.507 e. The summed E-state index contributed by atoms with van der Waals surface area (Å²) in [6.07, 6.45) is 0. The van der Waals surface area contributed by atoms with Crippen molar-refractivity contribution in [2.45, 2.75) is 19.5 Å². The van der Waals surface area contributed by atoms with Crippen LogP contribution < -0.4 is 4.74 Å². The maximum atomic E-state index is 13.6. The number of nitrogens with zero attached hydrogens (tertiary/aromatic N) is 1. The maximum Gasteiger partial charge on any atom is 0.295 e. The summed E-state index contributed by atoms with van der Waals surface area (Å²) < 4.78 is 32.5. The van der Waals surface area contributed by atoms with Crippen LogP contribution in [0.25, 0.3) is 5.76 Å². The highest BCUT2D eigenvalue weighted by atomic mass is 35.5. The van der Waals surface area contributed by atoms with E-state index >= 15 is 0 Å². The van der Waals surface area contributed by atoms with Gasteiger partial charge in [0.2, 0.25) is 0 Å². The van der Waals surface area contributed by atoms with Crippen LogP contribution in [0.1, 0.15) is 29.7 Å². The Hall–Kier alpha value is -3.71. The molecule has 174 valence electrons. The number of rotatable bonds is 6. The molecule has 1 heterocycles. The Balaban J connectivity index is 1.87. The van der Waals surface area contributed by atoms with Crippen LogP contribution in [-0.4, -0.2) is 28.3 Å². The van der Waals surface area contributed by atoms with Crippen LogP contribution in [0.5, 0.6) is 5.75 Å². The predicted molar refractivity (Wildman–Crippen MR) is 123 cm³/mol. The highest BCUT2D eigenvalue weighted by molar-refractivity contribution is 6.47. The smallest absolute Gasteiger partial charge is 0.295 e. The molecule has 1 atom stereocenters. The van der Waals surface area contributed by atoms with Gasteiger partial charge in [-0.25, -0.2) is 8.78 Å². The second-order valence-corrected chi connectivity index (χ2v) is 8.09. The molecule has 0 saturated carbocycles. The first-order chi connectivity index (χ1) is 16.3. The standard InChI is InChI=1S/C26H20ClF2NO4/c1-2-34-19-11-12-21(27)20(13-19)24(31)22-23(16-5-9-18(29)10-6-16)30(26(33)25(22)32)14-15-3-7-17(28)8-4-15/h3-13,23,31H,2,14H2,1H3/b24-22+. The zero-order chi connectivity index (χ0) is 24.4. The number of likely N-dealkylation sites (tertiary alicyclic amines) is 1. The van der Waals surface area contributed by atoms with E-state index in [1.807, 2.05) is 0 Å². The summed E-state index contributed by atoms with van der Waals surface area (Å²) in [6.45, 7) is 2.14. The molecule has 1 amide bonds. The van der Waals surface area contributed by atoms with E-state index in [9.17, 15) is 23.5 Å².